The van der Waals surface area contributed by atoms with Crippen LogP contribution in [0.5, 0.6) is 0 Å². The highest BCUT2D eigenvalue weighted by atomic mass is 32.2. The Balaban J connectivity index is 2.51. The third kappa shape index (κ3) is 3.08. The molecule has 120 valence electrons. The average Bonchev–Trinajstić information content (AvgIpc) is 2.67. The second-order valence-corrected chi connectivity index (χ2v) is 6.89. The van der Waals surface area contributed by atoms with Crippen LogP contribution >= 0.6 is 0 Å². The second-order valence-electron chi connectivity index (χ2n) is 4.90. The molecule has 22 heavy (non-hydrogen) atoms. The first kappa shape index (κ1) is 16.3. The number of H-pyrrole nitrogens is 1. The molecule has 0 radical (unpaired) electrons. The van der Waals surface area contributed by atoms with E-state index in [2.05, 4.69) is 0 Å². The number of sulfone groups is 1. The largest absolute Gasteiger partial charge is 0.433 e. The number of nitrogens with zero attached hydrogens (tertiary/aromatic N) is 1. The molecule has 2 rings (SSSR count). The van der Waals surface area contributed by atoms with Crippen LogP contribution in [0.15, 0.2) is 34.0 Å². The average molecular weight is 334 g/mol. The SMILES string of the molecule is Cc1ccc(S(=O)(=O)Cc2c(C(F)(F)F)[nH]n(C)c2=O)cc1. The molecule has 0 aliphatic rings. The molecule has 0 aliphatic heterocycles. The fourth-order valence-electron chi connectivity index (χ4n) is 1.98. The highest BCUT2D eigenvalue weighted by Gasteiger charge is 2.38. The number of rotatable bonds is 3. The molecular weight excluding hydrogens is 321 g/mol. The van der Waals surface area contributed by atoms with Gasteiger partial charge in [0.1, 0.15) is 5.69 Å². The Hall–Kier alpha value is -2.03. The summed E-state index contributed by atoms with van der Waals surface area (Å²) in [6.45, 7) is 1.75. The van der Waals surface area contributed by atoms with Gasteiger partial charge in [-0.1, -0.05) is 17.7 Å². The first-order valence-electron chi connectivity index (χ1n) is 6.17. The van der Waals surface area contributed by atoms with Crippen LogP contribution in [0.4, 0.5) is 13.2 Å². The normalized spacial score (nSPS) is 12.6. The van der Waals surface area contributed by atoms with Gasteiger partial charge in [0.25, 0.3) is 5.56 Å². The Morgan fingerprint density at radius 3 is 2.23 bits per heavy atom. The lowest BCUT2D eigenvalue weighted by molar-refractivity contribution is -0.141. The third-order valence-corrected chi connectivity index (χ3v) is 4.80. The van der Waals surface area contributed by atoms with Gasteiger partial charge in [0.15, 0.2) is 9.84 Å². The van der Waals surface area contributed by atoms with Crippen molar-refractivity contribution in [2.24, 2.45) is 7.05 Å². The van der Waals surface area contributed by atoms with Crippen LogP contribution in [0, 0.1) is 6.92 Å². The van der Waals surface area contributed by atoms with E-state index in [9.17, 15) is 26.4 Å². The van der Waals surface area contributed by atoms with Crippen LogP contribution in [0.2, 0.25) is 0 Å². The maximum Gasteiger partial charge on any atom is 0.433 e. The predicted molar refractivity (Wildman–Crippen MR) is 73.1 cm³/mol. The zero-order chi connectivity index (χ0) is 16.7. The number of nitrogens with one attached hydrogen (secondary N) is 1. The Labute approximate surface area is 124 Å². The lowest BCUT2D eigenvalue weighted by Gasteiger charge is -2.07. The van der Waals surface area contributed by atoms with Gasteiger partial charge in [-0.15, -0.1) is 0 Å². The molecule has 1 heterocycles. The quantitative estimate of drug-likeness (QED) is 0.933. The number of aryl methyl sites for hydroxylation is 2. The second kappa shape index (κ2) is 5.31. The van der Waals surface area contributed by atoms with Gasteiger partial charge in [0.2, 0.25) is 0 Å². The molecule has 1 aromatic heterocycles. The fourth-order valence-corrected chi connectivity index (χ4v) is 3.35. The molecule has 9 heteroatoms. The van der Waals surface area contributed by atoms with Crippen LogP contribution in [0.3, 0.4) is 0 Å². The third-order valence-electron chi connectivity index (χ3n) is 3.14. The summed E-state index contributed by atoms with van der Waals surface area (Å²) in [4.78, 5) is 11.6. The summed E-state index contributed by atoms with van der Waals surface area (Å²) in [5.74, 6) is -1.01. The van der Waals surface area contributed by atoms with E-state index in [0.717, 1.165) is 12.6 Å². The van der Waals surface area contributed by atoms with E-state index in [1.807, 2.05) is 5.10 Å². The molecule has 0 unspecified atom stereocenters. The van der Waals surface area contributed by atoms with Gasteiger partial charge in [-0.2, -0.15) is 13.2 Å². The van der Waals surface area contributed by atoms with Gasteiger partial charge in [0.05, 0.1) is 16.2 Å². The molecular formula is C13H13F3N2O3S. The molecule has 0 amide bonds. The molecule has 0 aliphatic carbocycles. The van der Waals surface area contributed by atoms with Crippen LogP contribution in [-0.2, 0) is 28.8 Å². The smallest absolute Gasteiger partial charge is 0.291 e. The topological polar surface area (TPSA) is 71.9 Å². The fraction of sp³-hybridized carbons (Fsp3) is 0.308. The molecule has 5 nitrogen and oxygen atoms in total. The van der Waals surface area contributed by atoms with Crippen molar-refractivity contribution in [2.45, 2.75) is 23.7 Å². The number of hydrogen-bond acceptors (Lipinski definition) is 3. The Morgan fingerprint density at radius 1 is 1.18 bits per heavy atom. The van der Waals surface area contributed by atoms with Gasteiger partial charge in [0, 0.05) is 7.05 Å². The van der Waals surface area contributed by atoms with Crippen LogP contribution < -0.4 is 5.56 Å². The summed E-state index contributed by atoms with van der Waals surface area (Å²) in [7, 11) is -2.96. The minimum atomic E-state index is -4.83. The van der Waals surface area contributed by atoms with E-state index in [4.69, 9.17) is 0 Å². The van der Waals surface area contributed by atoms with Crippen molar-refractivity contribution < 1.29 is 21.6 Å². The van der Waals surface area contributed by atoms with Gasteiger partial charge in [-0.05, 0) is 19.1 Å². The lowest BCUT2D eigenvalue weighted by atomic mass is 10.2. The molecule has 1 N–H and O–H groups in total. The van der Waals surface area contributed by atoms with E-state index >= 15 is 0 Å². The van der Waals surface area contributed by atoms with Crippen molar-refractivity contribution in [3.05, 3.63) is 51.4 Å². The van der Waals surface area contributed by atoms with E-state index in [1.165, 1.54) is 24.3 Å². The molecule has 0 bridgehead atoms. The Morgan fingerprint density at radius 2 is 1.73 bits per heavy atom. The van der Waals surface area contributed by atoms with Crippen molar-refractivity contribution in [3.63, 3.8) is 0 Å². The van der Waals surface area contributed by atoms with E-state index in [1.54, 1.807) is 6.92 Å². The van der Waals surface area contributed by atoms with Gasteiger partial charge < -0.3 is 0 Å². The maximum absolute atomic E-state index is 12.9. The summed E-state index contributed by atoms with van der Waals surface area (Å²) < 4.78 is 63.7. The number of alkyl halides is 3. The molecule has 2 aromatic rings. The first-order valence-corrected chi connectivity index (χ1v) is 7.82. The van der Waals surface area contributed by atoms with Gasteiger partial charge in [-0.3, -0.25) is 14.6 Å². The van der Waals surface area contributed by atoms with E-state index in [-0.39, 0.29) is 4.90 Å². The molecule has 1 aromatic carbocycles. The zero-order valence-corrected chi connectivity index (χ0v) is 12.5. The number of aromatic nitrogens is 2. The van der Waals surface area contributed by atoms with Crippen molar-refractivity contribution in [1.29, 1.82) is 0 Å². The monoisotopic (exact) mass is 334 g/mol. The lowest BCUT2D eigenvalue weighted by Crippen LogP contribution is -2.19. The number of aromatic amines is 1. The van der Waals surface area contributed by atoms with Crippen LogP contribution in [0.1, 0.15) is 16.8 Å². The first-order chi connectivity index (χ1) is 10.0. The summed E-state index contributed by atoms with van der Waals surface area (Å²) in [5.41, 5.74) is -2.35. The number of benzene rings is 1. The van der Waals surface area contributed by atoms with Crippen molar-refractivity contribution in [3.8, 4) is 0 Å². The zero-order valence-electron chi connectivity index (χ0n) is 11.7. The summed E-state index contributed by atoms with van der Waals surface area (Å²) in [6.07, 6.45) is -4.83. The van der Waals surface area contributed by atoms with E-state index < -0.39 is 38.6 Å². The molecule has 0 saturated carbocycles. The van der Waals surface area contributed by atoms with E-state index in [0.29, 0.717) is 4.68 Å². The molecule has 0 fully saturated rings. The Bertz CT molecular complexity index is 846. The van der Waals surface area contributed by atoms with Crippen LogP contribution in [-0.4, -0.2) is 18.2 Å². The van der Waals surface area contributed by atoms with Gasteiger partial charge in [-0.25, -0.2) is 8.42 Å². The number of halogens is 3. The minimum absolute atomic E-state index is 0.130. The number of hydrogen-bond donors (Lipinski definition) is 1. The maximum atomic E-state index is 12.9. The summed E-state index contributed by atoms with van der Waals surface area (Å²) in [6, 6.07) is 5.67. The van der Waals surface area contributed by atoms with Crippen molar-refractivity contribution in [2.75, 3.05) is 0 Å². The van der Waals surface area contributed by atoms with Gasteiger partial charge >= 0.3 is 6.18 Å². The van der Waals surface area contributed by atoms with Crippen molar-refractivity contribution in [1.82, 2.24) is 9.78 Å². The molecule has 0 atom stereocenters. The summed E-state index contributed by atoms with van der Waals surface area (Å²) in [5, 5.41) is 1.85. The summed E-state index contributed by atoms with van der Waals surface area (Å²) >= 11 is 0. The highest BCUT2D eigenvalue weighted by molar-refractivity contribution is 7.90. The van der Waals surface area contributed by atoms with Crippen molar-refractivity contribution >= 4 is 9.84 Å². The standard InChI is InChI=1S/C13H13F3N2O3S/c1-8-3-5-9(6-4-8)22(20,21)7-10-11(13(14,15)16)17-18(2)12(10)19/h3-6,17H,7H2,1-2H3. The minimum Gasteiger partial charge on any atom is -0.291 e. The predicted octanol–water partition coefficient (Wildman–Crippen LogP) is 2.01. The highest BCUT2D eigenvalue weighted by Crippen LogP contribution is 2.30. The molecule has 0 saturated heterocycles. The van der Waals surface area contributed by atoms with Crippen LogP contribution in [0.25, 0.3) is 0 Å². The Kier molecular flexibility index (Phi) is 3.94. The molecule has 0 spiro atoms.